The zero-order valence-electron chi connectivity index (χ0n) is 9.14. The minimum absolute atomic E-state index is 0.0386. The molecule has 6 heteroatoms. The third-order valence-electron chi connectivity index (χ3n) is 2.42. The Morgan fingerprint density at radius 1 is 1.27 bits per heavy atom. The van der Waals surface area contributed by atoms with E-state index in [0.717, 1.165) is 0 Å². The summed E-state index contributed by atoms with van der Waals surface area (Å²) in [5.74, 6) is -2.68. The molecule has 0 rings (SSSR count). The fraction of sp³-hybridized carbons (Fsp3) is 0.778. The Balaban J connectivity index is 4.23. The number of hydrogen-bond donors (Lipinski definition) is 2. The van der Waals surface area contributed by atoms with Crippen LogP contribution in [0.5, 0.6) is 0 Å². The molecule has 0 spiro atoms. The number of carboxylic acid groups (broad SMARTS) is 1. The Labute approximate surface area is 88.9 Å². The second kappa shape index (κ2) is 5.42. The Bertz CT molecular complexity index is 293. The summed E-state index contributed by atoms with van der Waals surface area (Å²) in [5.41, 5.74) is 0. The molecule has 5 nitrogen and oxygen atoms in total. The maximum absolute atomic E-state index is 11.4. The van der Waals surface area contributed by atoms with E-state index in [1.165, 1.54) is 20.5 Å². The molecular formula is C9H17O5P. The predicted octanol–water partition coefficient (Wildman–Crippen LogP) is 1.20. The minimum atomic E-state index is -3.18. The van der Waals surface area contributed by atoms with Crippen LogP contribution < -0.4 is 0 Å². The predicted molar refractivity (Wildman–Crippen MR) is 56.2 cm³/mol. The Hall–Kier alpha value is -0.670. The van der Waals surface area contributed by atoms with Crippen molar-refractivity contribution >= 4 is 19.1 Å². The van der Waals surface area contributed by atoms with Gasteiger partial charge in [-0.05, 0) is 0 Å². The van der Waals surface area contributed by atoms with Crippen molar-refractivity contribution in [1.82, 2.24) is 0 Å². The summed E-state index contributed by atoms with van der Waals surface area (Å²) in [4.78, 5) is 31.0. The van der Waals surface area contributed by atoms with Gasteiger partial charge in [0.25, 0.3) is 0 Å². The molecule has 88 valence electrons. The van der Waals surface area contributed by atoms with Crippen LogP contribution in [0.2, 0.25) is 0 Å². The molecule has 0 saturated heterocycles. The highest BCUT2D eigenvalue weighted by atomic mass is 31.2. The first kappa shape index (κ1) is 14.3. The van der Waals surface area contributed by atoms with E-state index in [1.807, 2.05) is 0 Å². The van der Waals surface area contributed by atoms with Crippen LogP contribution in [0.25, 0.3) is 0 Å². The minimum Gasteiger partial charge on any atom is -0.481 e. The monoisotopic (exact) mass is 236 g/mol. The molecule has 0 aliphatic carbocycles. The lowest BCUT2D eigenvalue weighted by Crippen LogP contribution is -2.25. The number of carbonyl (C=O) groups is 2. The molecule has 3 atom stereocenters. The Morgan fingerprint density at radius 3 is 2.07 bits per heavy atom. The van der Waals surface area contributed by atoms with E-state index in [0.29, 0.717) is 0 Å². The topological polar surface area (TPSA) is 91.7 Å². The first-order chi connectivity index (χ1) is 6.65. The first-order valence-electron chi connectivity index (χ1n) is 4.70. The van der Waals surface area contributed by atoms with Gasteiger partial charge in [0.2, 0.25) is 0 Å². The quantitative estimate of drug-likeness (QED) is 0.676. The van der Waals surface area contributed by atoms with Gasteiger partial charge in [0, 0.05) is 25.2 Å². The molecule has 0 aromatic heterocycles. The zero-order chi connectivity index (χ0) is 12.2. The molecule has 0 aromatic carbocycles. The summed E-state index contributed by atoms with van der Waals surface area (Å²) in [6.45, 7) is 4.17. The van der Waals surface area contributed by atoms with Crippen molar-refractivity contribution in [2.24, 2.45) is 11.8 Å². The lowest BCUT2D eigenvalue weighted by Gasteiger charge is -2.14. The van der Waals surface area contributed by atoms with Gasteiger partial charge in [-0.1, -0.05) is 13.8 Å². The SMILES string of the molecule is CC(C(=O)O)C(C)C(=O)CCP(C)(=O)O. The highest BCUT2D eigenvalue weighted by Gasteiger charge is 2.26. The largest absolute Gasteiger partial charge is 0.481 e. The molecular weight excluding hydrogens is 219 g/mol. The third-order valence-corrected chi connectivity index (χ3v) is 3.47. The van der Waals surface area contributed by atoms with Crippen LogP contribution >= 0.6 is 7.37 Å². The smallest absolute Gasteiger partial charge is 0.306 e. The summed E-state index contributed by atoms with van der Waals surface area (Å²) in [7, 11) is -3.18. The van der Waals surface area contributed by atoms with Crippen molar-refractivity contribution in [1.29, 1.82) is 0 Å². The van der Waals surface area contributed by atoms with Gasteiger partial charge in [-0.3, -0.25) is 14.2 Å². The molecule has 0 aromatic rings. The number of hydrogen-bond acceptors (Lipinski definition) is 3. The Kier molecular flexibility index (Phi) is 5.18. The van der Waals surface area contributed by atoms with E-state index >= 15 is 0 Å². The number of rotatable bonds is 6. The van der Waals surface area contributed by atoms with Gasteiger partial charge in [0.15, 0.2) is 7.37 Å². The molecule has 0 radical (unpaired) electrons. The van der Waals surface area contributed by atoms with Crippen molar-refractivity contribution in [3.05, 3.63) is 0 Å². The highest BCUT2D eigenvalue weighted by molar-refractivity contribution is 7.57. The van der Waals surface area contributed by atoms with Crippen LogP contribution in [-0.4, -0.2) is 34.6 Å². The number of carboxylic acids is 1. The van der Waals surface area contributed by atoms with Crippen molar-refractivity contribution in [2.45, 2.75) is 20.3 Å². The second-order valence-electron chi connectivity index (χ2n) is 3.91. The fourth-order valence-corrected chi connectivity index (χ4v) is 1.67. The second-order valence-corrected chi connectivity index (χ2v) is 6.46. The molecule has 15 heavy (non-hydrogen) atoms. The molecule has 3 unspecified atom stereocenters. The maximum atomic E-state index is 11.4. The van der Waals surface area contributed by atoms with Crippen LogP contribution in [0.15, 0.2) is 0 Å². The van der Waals surface area contributed by atoms with Gasteiger partial charge in [-0.25, -0.2) is 0 Å². The number of Topliss-reactive ketones (excluding diaryl/α,β-unsaturated/α-hetero) is 1. The van der Waals surface area contributed by atoms with Crippen LogP contribution in [0.4, 0.5) is 0 Å². The normalized spacial score (nSPS) is 18.9. The van der Waals surface area contributed by atoms with E-state index in [-0.39, 0.29) is 18.4 Å². The number of carbonyl (C=O) groups excluding carboxylic acids is 1. The van der Waals surface area contributed by atoms with Crippen molar-refractivity contribution < 1.29 is 24.2 Å². The summed E-state index contributed by atoms with van der Waals surface area (Å²) < 4.78 is 10.9. The lowest BCUT2D eigenvalue weighted by molar-refractivity contribution is -0.145. The van der Waals surface area contributed by atoms with Gasteiger partial charge in [-0.15, -0.1) is 0 Å². The van der Waals surface area contributed by atoms with Crippen molar-refractivity contribution in [2.75, 3.05) is 12.8 Å². The van der Waals surface area contributed by atoms with Gasteiger partial charge in [0.1, 0.15) is 5.78 Å². The molecule has 0 fully saturated rings. The van der Waals surface area contributed by atoms with E-state index in [9.17, 15) is 14.2 Å². The van der Waals surface area contributed by atoms with Crippen LogP contribution in [0, 0.1) is 11.8 Å². The molecule has 0 aliphatic heterocycles. The lowest BCUT2D eigenvalue weighted by atomic mass is 9.91. The fourth-order valence-electron chi connectivity index (χ4n) is 1.04. The number of aliphatic carboxylic acids is 1. The average Bonchev–Trinajstić information content (AvgIpc) is 2.10. The molecule has 0 bridgehead atoms. The average molecular weight is 236 g/mol. The van der Waals surface area contributed by atoms with Crippen molar-refractivity contribution in [3.63, 3.8) is 0 Å². The molecule has 0 amide bonds. The summed E-state index contributed by atoms with van der Waals surface area (Å²) >= 11 is 0. The summed E-state index contributed by atoms with van der Waals surface area (Å²) in [6.07, 6.45) is -0.119. The first-order valence-corrected chi connectivity index (χ1v) is 6.99. The third kappa shape index (κ3) is 5.70. The van der Waals surface area contributed by atoms with Gasteiger partial charge < -0.3 is 10.00 Å². The van der Waals surface area contributed by atoms with E-state index in [1.54, 1.807) is 0 Å². The highest BCUT2D eigenvalue weighted by Crippen LogP contribution is 2.36. The van der Waals surface area contributed by atoms with Gasteiger partial charge >= 0.3 is 5.97 Å². The maximum Gasteiger partial charge on any atom is 0.306 e. The van der Waals surface area contributed by atoms with Crippen molar-refractivity contribution in [3.8, 4) is 0 Å². The number of ketones is 1. The molecule has 0 saturated carbocycles. The van der Waals surface area contributed by atoms with E-state index in [2.05, 4.69) is 0 Å². The molecule has 0 aliphatic rings. The van der Waals surface area contributed by atoms with E-state index in [4.69, 9.17) is 10.00 Å². The van der Waals surface area contributed by atoms with Gasteiger partial charge in [-0.2, -0.15) is 0 Å². The summed E-state index contributed by atoms with van der Waals surface area (Å²) in [5, 5.41) is 8.67. The Morgan fingerprint density at radius 2 is 1.73 bits per heavy atom. The zero-order valence-corrected chi connectivity index (χ0v) is 10.0. The van der Waals surface area contributed by atoms with Gasteiger partial charge in [0.05, 0.1) is 5.92 Å². The summed E-state index contributed by atoms with van der Waals surface area (Å²) in [6, 6.07) is 0. The molecule has 0 heterocycles. The van der Waals surface area contributed by atoms with Crippen LogP contribution in [0.1, 0.15) is 20.3 Å². The van der Waals surface area contributed by atoms with E-state index < -0.39 is 25.2 Å². The van der Waals surface area contributed by atoms with Crippen LogP contribution in [0.3, 0.4) is 0 Å². The molecule has 2 N–H and O–H groups in total. The van der Waals surface area contributed by atoms with Crippen LogP contribution in [-0.2, 0) is 14.2 Å². The standard InChI is InChI=1S/C9H17O5P/c1-6(7(2)9(11)12)8(10)4-5-15(3,13)14/h6-7H,4-5H2,1-3H3,(H,11,12)(H,13,14).